The minimum atomic E-state index is -0.249. The van der Waals surface area contributed by atoms with Crippen LogP contribution in [0.4, 0.5) is 11.9 Å². The van der Waals surface area contributed by atoms with E-state index in [-0.39, 0.29) is 18.0 Å². The first kappa shape index (κ1) is 10.1. The summed E-state index contributed by atoms with van der Waals surface area (Å²) in [5.74, 6) is 0.823. The van der Waals surface area contributed by atoms with Gasteiger partial charge in [-0.05, 0) is 6.42 Å². The largest absolute Gasteiger partial charge is 0.392 e. The molecule has 1 aromatic heterocycles. The summed E-state index contributed by atoms with van der Waals surface area (Å²) in [7, 11) is 0. The van der Waals surface area contributed by atoms with E-state index in [0.717, 1.165) is 13.0 Å². The zero-order valence-electron chi connectivity index (χ0n) is 8.30. The second kappa shape index (κ2) is 3.95. The molecule has 1 aliphatic rings. The van der Waals surface area contributed by atoms with Crippen molar-refractivity contribution < 1.29 is 5.11 Å². The number of nitrogen functional groups attached to an aromatic ring is 2. The van der Waals surface area contributed by atoms with Gasteiger partial charge in [0, 0.05) is 13.1 Å². The highest BCUT2D eigenvalue weighted by molar-refractivity contribution is 5.25. The number of nitrogens with two attached hydrogens (primary N) is 2. The zero-order chi connectivity index (χ0) is 10.8. The molecule has 0 unspecified atom stereocenters. The summed E-state index contributed by atoms with van der Waals surface area (Å²) >= 11 is 0. The van der Waals surface area contributed by atoms with Crippen molar-refractivity contribution in [3.8, 4) is 0 Å². The van der Waals surface area contributed by atoms with Gasteiger partial charge in [-0.3, -0.25) is 4.90 Å². The number of likely N-dealkylation sites (tertiary alicyclic amines) is 1. The van der Waals surface area contributed by atoms with Gasteiger partial charge in [0.25, 0.3) is 0 Å². The van der Waals surface area contributed by atoms with Crippen LogP contribution in [0.1, 0.15) is 12.2 Å². The monoisotopic (exact) mass is 210 g/mol. The van der Waals surface area contributed by atoms with Crippen LogP contribution in [0.5, 0.6) is 0 Å². The Morgan fingerprint density at radius 1 is 1.27 bits per heavy atom. The lowest BCUT2D eigenvalue weighted by Gasteiger charge is -2.13. The van der Waals surface area contributed by atoms with Crippen LogP contribution in [0.15, 0.2) is 0 Å². The van der Waals surface area contributed by atoms with E-state index < -0.39 is 0 Å². The van der Waals surface area contributed by atoms with Gasteiger partial charge in [0.05, 0.1) is 12.6 Å². The smallest absolute Gasteiger partial charge is 0.225 e. The summed E-state index contributed by atoms with van der Waals surface area (Å²) in [4.78, 5) is 13.7. The topological polar surface area (TPSA) is 114 Å². The van der Waals surface area contributed by atoms with E-state index in [4.69, 9.17) is 11.5 Å². The van der Waals surface area contributed by atoms with Crippen LogP contribution in [0.25, 0.3) is 0 Å². The van der Waals surface area contributed by atoms with Crippen molar-refractivity contribution >= 4 is 11.9 Å². The molecule has 1 fully saturated rings. The Kier molecular flexibility index (Phi) is 2.65. The van der Waals surface area contributed by atoms with Crippen molar-refractivity contribution in [3.05, 3.63) is 5.82 Å². The van der Waals surface area contributed by atoms with E-state index in [1.165, 1.54) is 0 Å². The number of aliphatic hydroxyl groups is 1. The number of β-amino-alcohol motifs (C(OH)–C–C–N with tert-alkyl or cyclic N) is 1. The van der Waals surface area contributed by atoms with E-state index in [2.05, 4.69) is 19.9 Å². The Morgan fingerprint density at radius 2 is 1.93 bits per heavy atom. The zero-order valence-corrected chi connectivity index (χ0v) is 8.30. The lowest BCUT2D eigenvalue weighted by atomic mass is 10.3. The van der Waals surface area contributed by atoms with Gasteiger partial charge in [-0.15, -0.1) is 0 Å². The molecule has 1 aromatic rings. The Morgan fingerprint density at radius 3 is 2.47 bits per heavy atom. The van der Waals surface area contributed by atoms with Crippen molar-refractivity contribution in [1.82, 2.24) is 19.9 Å². The second-order valence-corrected chi connectivity index (χ2v) is 3.65. The summed E-state index contributed by atoms with van der Waals surface area (Å²) in [5.41, 5.74) is 10.9. The van der Waals surface area contributed by atoms with Gasteiger partial charge in [-0.25, -0.2) is 0 Å². The van der Waals surface area contributed by atoms with Crippen LogP contribution >= 0.6 is 0 Å². The van der Waals surface area contributed by atoms with Gasteiger partial charge in [0.2, 0.25) is 11.9 Å². The third-order valence-corrected chi connectivity index (χ3v) is 2.33. The number of rotatable bonds is 2. The molecule has 1 saturated heterocycles. The number of aromatic nitrogens is 3. The van der Waals surface area contributed by atoms with E-state index in [1.807, 2.05) is 0 Å². The molecule has 15 heavy (non-hydrogen) atoms. The first-order chi connectivity index (χ1) is 7.13. The molecule has 2 rings (SSSR count). The fourth-order valence-electron chi connectivity index (χ4n) is 1.68. The third kappa shape index (κ3) is 2.51. The van der Waals surface area contributed by atoms with Crippen molar-refractivity contribution in [1.29, 1.82) is 0 Å². The van der Waals surface area contributed by atoms with Gasteiger partial charge in [0.15, 0.2) is 0 Å². The Balaban J connectivity index is 2.04. The Bertz CT molecular complexity index is 337. The van der Waals surface area contributed by atoms with Crippen LogP contribution in [0.2, 0.25) is 0 Å². The van der Waals surface area contributed by atoms with Crippen LogP contribution in [0.3, 0.4) is 0 Å². The normalized spacial score (nSPS) is 22.1. The van der Waals surface area contributed by atoms with Crippen LogP contribution in [-0.2, 0) is 6.54 Å². The van der Waals surface area contributed by atoms with E-state index >= 15 is 0 Å². The third-order valence-electron chi connectivity index (χ3n) is 2.33. The highest BCUT2D eigenvalue weighted by Gasteiger charge is 2.21. The Hall–Kier alpha value is -1.47. The molecule has 82 valence electrons. The van der Waals surface area contributed by atoms with Crippen molar-refractivity contribution in [2.24, 2.45) is 0 Å². The Labute approximate surface area is 87.1 Å². The molecular weight excluding hydrogens is 196 g/mol. The fourth-order valence-corrected chi connectivity index (χ4v) is 1.68. The standard InChI is InChI=1S/C8H14N6O/c9-7-11-6(12-8(10)13-7)4-14-2-1-5(15)3-14/h5,15H,1-4H2,(H4,9,10,11,12,13)/t5-/m0/s1. The lowest BCUT2D eigenvalue weighted by molar-refractivity contribution is 0.174. The van der Waals surface area contributed by atoms with E-state index in [1.54, 1.807) is 0 Å². The van der Waals surface area contributed by atoms with Gasteiger partial charge < -0.3 is 16.6 Å². The number of aliphatic hydroxyl groups excluding tert-OH is 1. The minimum Gasteiger partial charge on any atom is -0.392 e. The molecule has 0 bridgehead atoms. The minimum absolute atomic E-state index is 0.136. The maximum atomic E-state index is 9.34. The summed E-state index contributed by atoms with van der Waals surface area (Å²) in [6.07, 6.45) is 0.539. The summed E-state index contributed by atoms with van der Waals surface area (Å²) in [6.45, 7) is 2.03. The van der Waals surface area contributed by atoms with Gasteiger partial charge in [-0.2, -0.15) is 15.0 Å². The first-order valence-electron chi connectivity index (χ1n) is 4.80. The molecule has 0 spiro atoms. The molecule has 0 aliphatic carbocycles. The fraction of sp³-hybridized carbons (Fsp3) is 0.625. The molecule has 1 atom stereocenters. The number of anilines is 2. The van der Waals surface area contributed by atoms with Crippen molar-refractivity contribution in [2.75, 3.05) is 24.6 Å². The maximum Gasteiger partial charge on any atom is 0.225 e. The van der Waals surface area contributed by atoms with Crippen molar-refractivity contribution in [3.63, 3.8) is 0 Å². The lowest BCUT2D eigenvalue weighted by Crippen LogP contribution is -2.23. The molecular formula is C8H14N6O. The average molecular weight is 210 g/mol. The molecule has 0 amide bonds. The summed E-state index contributed by atoms with van der Waals surface area (Å²) < 4.78 is 0. The summed E-state index contributed by atoms with van der Waals surface area (Å²) in [6, 6.07) is 0. The van der Waals surface area contributed by atoms with E-state index in [9.17, 15) is 5.11 Å². The maximum absolute atomic E-state index is 9.34. The van der Waals surface area contributed by atoms with Crippen LogP contribution in [-0.4, -0.2) is 44.2 Å². The van der Waals surface area contributed by atoms with Gasteiger partial charge in [0.1, 0.15) is 5.82 Å². The van der Waals surface area contributed by atoms with Crippen molar-refractivity contribution in [2.45, 2.75) is 19.1 Å². The molecule has 7 heteroatoms. The molecule has 0 saturated carbocycles. The molecule has 7 nitrogen and oxygen atoms in total. The average Bonchev–Trinajstić information content (AvgIpc) is 2.49. The number of hydrogen-bond donors (Lipinski definition) is 3. The highest BCUT2D eigenvalue weighted by Crippen LogP contribution is 2.11. The second-order valence-electron chi connectivity index (χ2n) is 3.65. The molecule has 1 aliphatic heterocycles. The van der Waals surface area contributed by atoms with Crippen LogP contribution < -0.4 is 11.5 Å². The van der Waals surface area contributed by atoms with Crippen LogP contribution in [0, 0.1) is 0 Å². The molecule has 0 aromatic carbocycles. The number of nitrogens with zero attached hydrogens (tertiary/aromatic N) is 4. The number of hydrogen-bond acceptors (Lipinski definition) is 7. The molecule has 2 heterocycles. The molecule has 0 radical (unpaired) electrons. The predicted octanol–water partition coefficient (Wildman–Crippen LogP) is -1.40. The SMILES string of the molecule is Nc1nc(N)nc(CN2CC[C@H](O)C2)n1. The highest BCUT2D eigenvalue weighted by atomic mass is 16.3. The molecule has 5 N–H and O–H groups in total. The van der Waals surface area contributed by atoms with E-state index in [0.29, 0.717) is 18.9 Å². The first-order valence-corrected chi connectivity index (χ1v) is 4.80. The quantitative estimate of drug-likeness (QED) is 0.550. The van der Waals surface area contributed by atoms with Gasteiger partial charge >= 0.3 is 0 Å². The van der Waals surface area contributed by atoms with Gasteiger partial charge in [-0.1, -0.05) is 0 Å². The predicted molar refractivity (Wildman–Crippen MR) is 54.6 cm³/mol. The summed E-state index contributed by atoms with van der Waals surface area (Å²) in [5, 5.41) is 9.34.